The summed E-state index contributed by atoms with van der Waals surface area (Å²) in [5.41, 5.74) is 0.459. The van der Waals surface area contributed by atoms with Crippen LogP contribution >= 0.6 is 45.2 Å². The van der Waals surface area contributed by atoms with Crippen LogP contribution in [0.1, 0.15) is 28.4 Å². The maximum absolute atomic E-state index is 14.3. The number of benzene rings is 2. The molecular weight excluding hydrogens is 556 g/mol. The molecule has 0 aliphatic carbocycles. The molecule has 0 heterocycles. The van der Waals surface area contributed by atoms with Gasteiger partial charge >= 0.3 is 5.97 Å². The van der Waals surface area contributed by atoms with Crippen molar-refractivity contribution in [2.45, 2.75) is 13.8 Å². The number of hydrogen-bond donors (Lipinski definition) is 0. The van der Waals surface area contributed by atoms with E-state index in [9.17, 15) is 18.4 Å². The van der Waals surface area contributed by atoms with Gasteiger partial charge in [0.05, 0.1) is 7.14 Å². The minimum absolute atomic E-state index is 0.0926. The van der Waals surface area contributed by atoms with E-state index in [1.54, 1.807) is 70.3 Å². The number of ketones is 1. The minimum Gasteiger partial charge on any atom is -0.423 e. The van der Waals surface area contributed by atoms with Gasteiger partial charge in [-0.1, -0.05) is 18.2 Å². The van der Waals surface area contributed by atoms with E-state index >= 15 is 0 Å². The summed E-state index contributed by atoms with van der Waals surface area (Å²) in [6.07, 6.45) is 3.01. The summed E-state index contributed by atoms with van der Waals surface area (Å²) < 4.78 is 34.0. The molecule has 0 aromatic heterocycles. The van der Waals surface area contributed by atoms with Gasteiger partial charge in [-0.05, 0) is 88.4 Å². The van der Waals surface area contributed by atoms with Crippen molar-refractivity contribution in [3.05, 3.63) is 65.8 Å². The molecule has 2 aromatic rings. The average molecular weight is 568 g/mol. The summed E-state index contributed by atoms with van der Waals surface area (Å²) in [7, 11) is 0. The predicted octanol–water partition coefficient (Wildman–Crippen LogP) is 5.30. The SMILES string of the molecule is CC(=O)/C=C/c1ccc(OC(=O)c2c(F)c(I)c(C)c(I)c2F)cc1. The Bertz CT molecular complexity index is 846. The Kier molecular flexibility index (Phi) is 6.66. The van der Waals surface area contributed by atoms with Crippen LogP contribution in [0.25, 0.3) is 6.08 Å². The third kappa shape index (κ3) is 4.63. The van der Waals surface area contributed by atoms with Crippen molar-refractivity contribution in [3.8, 4) is 5.75 Å². The summed E-state index contributed by atoms with van der Waals surface area (Å²) >= 11 is 3.46. The van der Waals surface area contributed by atoms with Gasteiger partial charge in [0.1, 0.15) is 11.3 Å². The van der Waals surface area contributed by atoms with Gasteiger partial charge in [-0.3, -0.25) is 4.79 Å². The van der Waals surface area contributed by atoms with Crippen molar-refractivity contribution >= 4 is 63.0 Å². The highest BCUT2D eigenvalue weighted by Gasteiger charge is 2.26. The maximum Gasteiger partial charge on any atom is 0.349 e. The van der Waals surface area contributed by atoms with Crippen LogP contribution < -0.4 is 4.74 Å². The van der Waals surface area contributed by atoms with Crippen molar-refractivity contribution in [2.75, 3.05) is 0 Å². The molecule has 0 saturated carbocycles. The van der Waals surface area contributed by atoms with Gasteiger partial charge in [0, 0.05) is 0 Å². The Hall–Kier alpha value is -1.36. The molecule has 0 radical (unpaired) electrons. The average Bonchev–Trinajstić information content (AvgIpc) is 2.57. The second kappa shape index (κ2) is 8.35. The highest BCUT2D eigenvalue weighted by atomic mass is 127. The molecule has 3 nitrogen and oxygen atoms in total. The molecule has 0 spiro atoms. The van der Waals surface area contributed by atoms with E-state index in [0.717, 1.165) is 5.56 Å². The minimum atomic E-state index is -1.10. The van der Waals surface area contributed by atoms with Gasteiger partial charge in [0.15, 0.2) is 17.4 Å². The second-order valence-corrected chi connectivity index (χ2v) is 7.32. The number of allylic oxidation sites excluding steroid dienone is 1. The topological polar surface area (TPSA) is 43.4 Å². The van der Waals surface area contributed by atoms with E-state index in [2.05, 4.69) is 0 Å². The molecular formula is C18H12F2I2O3. The molecule has 0 unspecified atom stereocenters. The van der Waals surface area contributed by atoms with Crippen LogP contribution in [-0.4, -0.2) is 11.8 Å². The molecule has 2 rings (SSSR count). The molecule has 0 amide bonds. The summed E-state index contributed by atoms with van der Waals surface area (Å²) in [6, 6.07) is 6.21. The van der Waals surface area contributed by atoms with E-state index in [0.29, 0.717) is 5.56 Å². The molecule has 130 valence electrons. The molecule has 25 heavy (non-hydrogen) atoms. The van der Waals surface area contributed by atoms with E-state index in [-0.39, 0.29) is 18.7 Å². The van der Waals surface area contributed by atoms with Gasteiger partial charge in [0.25, 0.3) is 0 Å². The standard InChI is InChI=1S/C18H12F2I2O3/c1-9(23)3-4-11-5-7-12(8-6-11)25-18(24)13-14(19)16(21)10(2)17(22)15(13)20/h3-8H,1-2H3/b4-3+. The van der Waals surface area contributed by atoms with Crippen LogP contribution in [0.2, 0.25) is 0 Å². The molecule has 0 atom stereocenters. The highest BCUT2D eigenvalue weighted by molar-refractivity contribution is 14.1. The zero-order valence-electron chi connectivity index (χ0n) is 13.2. The van der Waals surface area contributed by atoms with Crippen molar-refractivity contribution < 1.29 is 23.1 Å². The van der Waals surface area contributed by atoms with Gasteiger partial charge in [-0.2, -0.15) is 0 Å². The molecule has 0 saturated heterocycles. The molecule has 0 aliphatic rings. The first-order chi connectivity index (χ1) is 11.7. The third-order valence-electron chi connectivity index (χ3n) is 3.29. The Morgan fingerprint density at radius 3 is 2.04 bits per heavy atom. The predicted molar refractivity (Wildman–Crippen MR) is 108 cm³/mol. The Balaban J connectivity index is 2.28. The fourth-order valence-corrected chi connectivity index (χ4v) is 3.53. The Morgan fingerprint density at radius 2 is 1.56 bits per heavy atom. The highest BCUT2D eigenvalue weighted by Crippen LogP contribution is 2.29. The first-order valence-electron chi connectivity index (χ1n) is 7.05. The number of rotatable bonds is 4. The van der Waals surface area contributed by atoms with Crippen LogP contribution in [0.4, 0.5) is 8.78 Å². The van der Waals surface area contributed by atoms with Crippen LogP contribution in [0.5, 0.6) is 5.75 Å². The van der Waals surface area contributed by atoms with E-state index < -0.39 is 23.2 Å². The first kappa shape index (κ1) is 20.0. The van der Waals surface area contributed by atoms with Gasteiger partial charge in [-0.25, -0.2) is 13.6 Å². The van der Waals surface area contributed by atoms with Crippen molar-refractivity contribution in [1.82, 2.24) is 0 Å². The third-order valence-corrected chi connectivity index (χ3v) is 5.85. The lowest BCUT2D eigenvalue weighted by atomic mass is 10.1. The molecule has 0 fully saturated rings. The summed E-state index contributed by atoms with van der Waals surface area (Å²) in [5.74, 6) is -2.90. The van der Waals surface area contributed by atoms with Crippen molar-refractivity contribution in [1.29, 1.82) is 0 Å². The number of carbonyl (C=O) groups excluding carboxylic acids is 2. The first-order valence-corrected chi connectivity index (χ1v) is 9.21. The van der Waals surface area contributed by atoms with Crippen LogP contribution in [0.3, 0.4) is 0 Å². The number of esters is 1. The van der Waals surface area contributed by atoms with Gasteiger partial charge < -0.3 is 4.74 Å². The quantitative estimate of drug-likeness (QED) is 0.165. The Morgan fingerprint density at radius 1 is 1.04 bits per heavy atom. The summed E-state index contributed by atoms with van der Waals surface area (Å²) in [6.45, 7) is 3.01. The lowest BCUT2D eigenvalue weighted by molar-refractivity contribution is -0.112. The maximum atomic E-state index is 14.3. The number of hydrogen-bond acceptors (Lipinski definition) is 3. The van der Waals surface area contributed by atoms with Gasteiger partial charge in [0.2, 0.25) is 0 Å². The van der Waals surface area contributed by atoms with E-state index in [4.69, 9.17) is 4.74 Å². The molecule has 0 N–H and O–H groups in total. The lowest BCUT2D eigenvalue weighted by Gasteiger charge is -2.11. The number of halogens is 4. The smallest absolute Gasteiger partial charge is 0.349 e. The van der Waals surface area contributed by atoms with Crippen LogP contribution in [0.15, 0.2) is 30.3 Å². The molecule has 0 aliphatic heterocycles. The Labute approximate surface area is 170 Å². The molecule has 2 aromatic carbocycles. The lowest BCUT2D eigenvalue weighted by Crippen LogP contribution is -2.16. The monoisotopic (exact) mass is 568 g/mol. The largest absolute Gasteiger partial charge is 0.423 e. The fourth-order valence-electron chi connectivity index (χ4n) is 1.94. The van der Waals surface area contributed by atoms with E-state index in [1.807, 2.05) is 0 Å². The zero-order chi connectivity index (χ0) is 18.7. The van der Waals surface area contributed by atoms with Crippen LogP contribution in [0, 0.1) is 25.7 Å². The van der Waals surface area contributed by atoms with Crippen molar-refractivity contribution in [3.63, 3.8) is 0 Å². The van der Waals surface area contributed by atoms with Gasteiger partial charge in [-0.15, -0.1) is 0 Å². The summed E-state index contributed by atoms with van der Waals surface area (Å²) in [4.78, 5) is 23.1. The number of ether oxygens (including phenoxy) is 1. The molecule has 7 heteroatoms. The summed E-state index contributed by atoms with van der Waals surface area (Å²) in [5, 5.41) is 0. The zero-order valence-corrected chi connectivity index (χ0v) is 17.5. The number of carbonyl (C=O) groups is 2. The molecule has 0 bridgehead atoms. The van der Waals surface area contributed by atoms with E-state index in [1.165, 1.54) is 25.1 Å². The van der Waals surface area contributed by atoms with Crippen LogP contribution in [-0.2, 0) is 4.79 Å². The fraction of sp³-hybridized carbons (Fsp3) is 0.111. The second-order valence-electron chi connectivity index (χ2n) is 5.16. The normalized spacial score (nSPS) is 11.0. The van der Waals surface area contributed by atoms with Crippen molar-refractivity contribution in [2.24, 2.45) is 0 Å².